The topological polar surface area (TPSA) is 42.0 Å². The Morgan fingerprint density at radius 2 is 1.95 bits per heavy atom. The fourth-order valence-corrected chi connectivity index (χ4v) is 2.98. The first-order valence-corrected chi connectivity index (χ1v) is 8.12. The fraction of sp³-hybridized carbons (Fsp3) is 0. The molecule has 2 aromatic carbocycles. The first-order valence-electron chi connectivity index (χ1n) is 6.25. The molecule has 21 heavy (non-hydrogen) atoms. The van der Waals surface area contributed by atoms with E-state index in [0.717, 1.165) is 18.9 Å². The smallest absolute Gasteiger partial charge is 0.256 e. The number of halogens is 2. The molecule has 0 spiro atoms. The summed E-state index contributed by atoms with van der Waals surface area (Å²) in [5.41, 5.74) is 2.11. The summed E-state index contributed by atoms with van der Waals surface area (Å²) in [5, 5.41) is 3.93. The number of pyridine rings is 1. The maximum Gasteiger partial charge on any atom is 0.256 e. The van der Waals surface area contributed by atoms with Crippen LogP contribution in [0.3, 0.4) is 0 Å². The number of nitrogens with one attached hydrogen (secondary N) is 1. The predicted octanol–water partition coefficient (Wildman–Crippen LogP) is 4.85. The highest BCUT2D eigenvalue weighted by Crippen LogP contribution is 2.24. The number of nitrogens with zero attached hydrogens (tertiary/aromatic N) is 1. The molecule has 104 valence electrons. The fourth-order valence-electron chi connectivity index (χ4n) is 2.07. The highest BCUT2D eigenvalue weighted by molar-refractivity contribution is 14.1. The maximum absolute atomic E-state index is 12.5. The van der Waals surface area contributed by atoms with Crippen LogP contribution in [-0.4, -0.2) is 10.9 Å². The molecule has 0 aliphatic carbocycles. The van der Waals surface area contributed by atoms with Gasteiger partial charge >= 0.3 is 0 Å². The molecule has 3 aromatic rings. The summed E-state index contributed by atoms with van der Waals surface area (Å²) < 4.78 is 1.78. The van der Waals surface area contributed by atoms with Gasteiger partial charge in [0.05, 0.1) is 16.8 Å². The first kappa shape index (κ1) is 14.5. The van der Waals surface area contributed by atoms with E-state index < -0.39 is 0 Å². The second-order valence-electron chi connectivity index (χ2n) is 4.46. The lowest BCUT2D eigenvalue weighted by molar-refractivity contribution is 0.102. The molecule has 5 heteroatoms. The predicted molar refractivity (Wildman–Crippen MR) is 96.6 cm³/mol. The van der Waals surface area contributed by atoms with Crippen LogP contribution in [0.1, 0.15) is 10.4 Å². The molecule has 1 heterocycles. The summed E-state index contributed by atoms with van der Waals surface area (Å²) in [4.78, 5) is 16.8. The second-order valence-corrected chi connectivity index (χ2v) is 6.56. The Morgan fingerprint density at radius 3 is 2.81 bits per heavy atom. The molecular weight excluding hydrogens is 443 g/mol. The zero-order valence-electron chi connectivity index (χ0n) is 10.8. The van der Waals surface area contributed by atoms with E-state index in [9.17, 15) is 4.79 Å². The number of para-hydroxylation sites is 1. The van der Waals surface area contributed by atoms with Crippen molar-refractivity contribution in [3.8, 4) is 0 Å². The van der Waals surface area contributed by atoms with Crippen LogP contribution in [0.25, 0.3) is 10.9 Å². The minimum absolute atomic E-state index is 0.154. The molecule has 0 bridgehead atoms. The molecule has 0 unspecified atom stereocenters. The van der Waals surface area contributed by atoms with E-state index in [1.165, 1.54) is 0 Å². The van der Waals surface area contributed by atoms with Gasteiger partial charge in [-0.2, -0.15) is 0 Å². The number of aromatic nitrogens is 1. The maximum atomic E-state index is 12.5. The Hall–Kier alpha value is -1.47. The standard InChI is InChI=1S/C16H10BrIN2O/c17-13-7-6-11(18)9-12(13)16(21)20-14-5-1-3-10-4-2-8-19-15(10)14/h1-9H,(H,20,21). The third kappa shape index (κ3) is 3.08. The molecule has 0 aliphatic rings. The molecule has 1 aromatic heterocycles. The third-order valence-electron chi connectivity index (χ3n) is 3.05. The summed E-state index contributed by atoms with van der Waals surface area (Å²) in [5.74, 6) is -0.154. The average Bonchev–Trinajstić information content (AvgIpc) is 2.50. The molecular formula is C16H10BrIN2O. The highest BCUT2D eigenvalue weighted by atomic mass is 127. The molecule has 1 N–H and O–H groups in total. The van der Waals surface area contributed by atoms with Gasteiger partial charge in [-0.1, -0.05) is 18.2 Å². The zero-order chi connectivity index (χ0) is 14.8. The molecule has 3 rings (SSSR count). The lowest BCUT2D eigenvalue weighted by Gasteiger charge is -2.09. The van der Waals surface area contributed by atoms with Crippen molar-refractivity contribution in [2.75, 3.05) is 5.32 Å². The Kier molecular flexibility index (Phi) is 4.21. The van der Waals surface area contributed by atoms with Gasteiger partial charge in [0, 0.05) is 19.6 Å². The number of fused-ring (bicyclic) bond motifs is 1. The highest BCUT2D eigenvalue weighted by Gasteiger charge is 2.12. The van der Waals surface area contributed by atoms with Crippen molar-refractivity contribution in [3.05, 3.63) is 68.3 Å². The van der Waals surface area contributed by atoms with Crippen molar-refractivity contribution in [2.24, 2.45) is 0 Å². The second kappa shape index (κ2) is 6.11. The van der Waals surface area contributed by atoms with Crippen LogP contribution in [0.2, 0.25) is 0 Å². The number of carbonyl (C=O) groups excluding carboxylic acids is 1. The van der Waals surface area contributed by atoms with Crippen molar-refractivity contribution in [3.63, 3.8) is 0 Å². The normalized spacial score (nSPS) is 10.6. The number of rotatable bonds is 2. The van der Waals surface area contributed by atoms with Crippen molar-refractivity contribution in [2.45, 2.75) is 0 Å². The van der Waals surface area contributed by atoms with E-state index in [1.807, 2.05) is 48.5 Å². The number of hydrogen-bond donors (Lipinski definition) is 1. The van der Waals surface area contributed by atoms with E-state index in [1.54, 1.807) is 6.20 Å². The summed E-state index contributed by atoms with van der Waals surface area (Å²) in [7, 11) is 0. The quantitative estimate of drug-likeness (QED) is 0.564. The van der Waals surface area contributed by atoms with Gasteiger partial charge in [-0.25, -0.2) is 0 Å². The van der Waals surface area contributed by atoms with E-state index in [2.05, 4.69) is 48.8 Å². The summed E-state index contributed by atoms with van der Waals surface area (Å²) in [6, 6.07) is 15.2. The Bertz CT molecular complexity index is 830. The van der Waals surface area contributed by atoms with Crippen molar-refractivity contribution in [1.82, 2.24) is 4.98 Å². The monoisotopic (exact) mass is 452 g/mol. The van der Waals surface area contributed by atoms with E-state index in [-0.39, 0.29) is 5.91 Å². The number of hydrogen-bond acceptors (Lipinski definition) is 2. The van der Waals surface area contributed by atoms with Crippen LogP contribution >= 0.6 is 38.5 Å². The molecule has 0 aliphatic heterocycles. The first-order chi connectivity index (χ1) is 10.1. The Morgan fingerprint density at radius 1 is 1.14 bits per heavy atom. The minimum Gasteiger partial charge on any atom is -0.320 e. The third-order valence-corrected chi connectivity index (χ3v) is 4.42. The van der Waals surface area contributed by atoms with E-state index >= 15 is 0 Å². The van der Waals surface area contributed by atoms with Gasteiger partial charge in [-0.05, 0) is 68.9 Å². The van der Waals surface area contributed by atoms with Gasteiger partial charge in [0.2, 0.25) is 0 Å². The zero-order valence-corrected chi connectivity index (χ0v) is 14.6. The molecule has 0 saturated heterocycles. The van der Waals surface area contributed by atoms with Crippen LogP contribution in [0.15, 0.2) is 59.2 Å². The lowest BCUT2D eigenvalue weighted by Crippen LogP contribution is -2.13. The summed E-state index contributed by atoms with van der Waals surface area (Å²) in [6.45, 7) is 0. The van der Waals surface area contributed by atoms with Crippen molar-refractivity contribution < 1.29 is 4.79 Å². The number of carbonyl (C=O) groups is 1. The van der Waals surface area contributed by atoms with E-state index in [0.29, 0.717) is 11.3 Å². The van der Waals surface area contributed by atoms with Crippen LogP contribution in [0.4, 0.5) is 5.69 Å². The van der Waals surface area contributed by atoms with Gasteiger partial charge in [0.1, 0.15) is 0 Å². The van der Waals surface area contributed by atoms with Crippen molar-refractivity contribution >= 4 is 61.0 Å². The average molecular weight is 453 g/mol. The molecule has 0 atom stereocenters. The Balaban J connectivity index is 1.99. The minimum atomic E-state index is -0.154. The molecule has 0 fully saturated rings. The molecule has 0 radical (unpaired) electrons. The Labute approximate surface area is 144 Å². The van der Waals surface area contributed by atoms with Crippen LogP contribution in [0, 0.1) is 3.57 Å². The molecule has 0 saturated carbocycles. The number of benzene rings is 2. The largest absolute Gasteiger partial charge is 0.320 e. The molecule has 3 nitrogen and oxygen atoms in total. The number of anilines is 1. The van der Waals surface area contributed by atoms with Gasteiger partial charge in [-0.15, -0.1) is 0 Å². The summed E-state index contributed by atoms with van der Waals surface area (Å²) >= 11 is 5.60. The van der Waals surface area contributed by atoms with Crippen LogP contribution in [-0.2, 0) is 0 Å². The number of amides is 1. The van der Waals surface area contributed by atoms with Crippen molar-refractivity contribution in [1.29, 1.82) is 0 Å². The summed E-state index contributed by atoms with van der Waals surface area (Å²) in [6.07, 6.45) is 1.72. The lowest BCUT2D eigenvalue weighted by atomic mass is 10.1. The van der Waals surface area contributed by atoms with Crippen LogP contribution in [0.5, 0.6) is 0 Å². The van der Waals surface area contributed by atoms with Gasteiger partial charge in [0.15, 0.2) is 0 Å². The van der Waals surface area contributed by atoms with Crippen LogP contribution < -0.4 is 5.32 Å². The van der Waals surface area contributed by atoms with E-state index in [4.69, 9.17) is 0 Å². The molecule has 1 amide bonds. The van der Waals surface area contributed by atoms with Gasteiger partial charge < -0.3 is 5.32 Å². The SMILES string of the molecule is O=C(Nc1cccc2cccnc12)c1cc(I)ccc1Br. The van der Waals surface area contributed by atoms with Gasteiger partial charge in [0.25, 0.3) is 5.91 Å². The van der Waals surface area contributed by atoms with Gasteiger partial charge in [-0.3, -0.25) is 9.78 Å².